The van der Waals surface area contributed by atoms with Gasteiger partial charge in [-0.25, -0.2) is 0 Å². The van der Waals surface area contributed by atoms with Crippen LogP contribution in [0, 0.1) is 30.7 Å². The second-order valence-corrected chi connectivity index (χ2v) is 3.32. The van der Waals surface area contributed by atoms with E-state index in [1.807, 2.05) is 12.1 Å². The third-order valence-corrected chi connectivity index (χ3v) is 1.95. The summed E-state index contributed by atoms with van der Waals surface area (Å²) in [5, 5.41) is 0. The maximum atomic E-state index is 3.22. The first kappa shape index (κ1) is 7.43. The van der Waals surface area contributed by atoms with Crippen LogP contribution in [0.15, 0.2) is 18.2 Å². The van der Waals surface area contributed by atoms with E-state index >= 15 is 0 Å². The van der Waals surface area contributed by atoms with Crippen molar-refractivity contribution in [2.45, 2.75) is 19.8 Å². The topological polar surface area (TPSA) is 0 Å². The summed E-state index contributed by atoms with van der Waals surface area (Å²) in [6.45, 7) is 2.08. The molecule has 1 aromatic rings. The first-order valence-electron chi connectivity index (χ1n) is 4.34. The second-order valence-electron chi connectivity index (χ2n) is 3.32. The Kier molecular flexibility index (Phi) is 1.87. The van der Waals surface area contributed by atoms with Gasteiger partial charge in [0.05, 0.1) is 0 Å². The van der Waals surface area contributed by atoms with Crippen molar-refractivity contribution >= 4 is 0 Å². The van der Waals surface area contributed by atoms with E-state index in [9.17, 15) is 0 Å². The summed E-state index contributed by atoms with van der Waals surface area (Å²) in [5.41, 5.74) is 2.29. The van der Waals surface area contributed by atoms with Crippen molar-refractivity contribution in [2.24, 2.45) is 5.92 Å². The maximum absolute atomic E-state index is 3.22. The second kappa shape index (κ2) is 3.03. The molecule has 0 aliphatic heterocycles. The van der Waals surface area contributed by atoms with E-state index in [4.69, 9.17) is 0 Å². The Morgan fingerprint density at radius 1 is 1.50 bits per heavy atom. The summed E-state index contributed by atoms with van der Waals surface area (Å²) in [5.74, 6) is 7.04. The third kappa shape index (κ3) is 1.89. The Bertz CT molecular complexity index is 335. The predicted octanol–water partition coefficient (Wildman–Crippen LogP) is 2.56. The fraction of sp³-hybridized carbons (Fsp3) is 0.333. The van der Waals surface area contributed by atoms with E-state index in [0.29, 0.717) is 5.92 Å². The molecule has 1 radical (unpaired) electrons. The van der Waals surface area contributed by atoms with Crippen LogP contribution in [0.1, 0.15) is 24.0 Å². The van der Waals surface area contributed by atoms with Gasteiger partial charge in [-0.05, 0) is 37.5 Å². The van der Waals surface area contributed by atoms with Crippen molar-refractivity contribution in [1.82, 2.24) is 0 Å². The van der Waals surface area contributed by atoms with Crippen LogP contribution in [0.2, 0.25) is 0 Å². The summed E-state index contributed by atoms with van der Waals surface area (Å²) in [6, 6.07) is 9.18. The smallest absolute Gasteiger partial charge is 0.0326 e. The van der Waals surface area contributed by atoms with Crippen LogP contribution in [-0.2, 0) is 0 Å². The fourth-order valence-electron chi connectivity index (χ4n) is 1.06. The van der Waals surface area contributed by atoms with Crippen LogP contribution in [0.3, 0.4) is 0 Å². The highest BCUT2D eigenvalue weighted by Gasteiger charge is 2.17. The molecule has 0 bridgehead atoms. The van der Waals surface area contributed by atoms with Crippen LogP contribution in [0.5, 0.6) is 0 Å². The predicted molar refractivity (Wildman–Crippen MR) is 49.6 cm³/mol. The van der Waals surface area contributed by atoms with Crippen LogP contribution in [0.25, 0.3) is 0 Å². The Hall–Kier alpha value is -1.22. The van der Waals surface area contributed by atoms with Crippen molar-refractivity contribution in [3.63, 3.8) is 0 Å². The van der Waals surface area contributed by atoms with E-state index in [2.05, 4.69) is 30.9 Å². The SMILES string of the molecule is Cc1cc[c]c(C#CC2CC2)c1. The lowest BCUT2D eigenvalue weighted by Gasteiger charge is -1.90. The zero-order chi connectivity index (χ0) is 8.39. The van der Waals surface area contributed by atoms with E-state index in [0.717, 1.165) is 5.56 Å². The number of aryl methyl sites for hydroxylation is 1. The third-order valence-electron chi connectivity index (χ3n) is 1.95. The van der Waals surface area contributed by atoms with Gasteiger partial charge in [0.15, 0.2) is 0 Å². The quantitative estimate of drug-likeness (QED) is 0.505. The molecule has 1 saturated carbocycles. The summed E-state index contributed by atoms with van der Waals surface area (Å²) in [6.07, 6.45) is 2.58. The van der Waals surface area contributed by atoms with Crippen LogP contribution in [0.4, 0.5) is 0 Å². The molecule has 1 aromatic carbocycles. The summed E-state index contributed by atoms with van der Waals surface area (Å²) in [7, 11) is 0. The highest BCUT2D eigenvalue weighted by atomic mass is 14.2. The monoisotopic (exact) mass is 155 g/mol. The lowest BCUT2D eigenvalue weighted by atomic mass is 10.1. The van der Waals surface area contributed by atoms with Crippen molar-refractivity contribution in [2.75, 3.05) is 0 Å². The average Bonchev–Trinajstić information content (AvgIpc) is 2.84. The van der Waals surface area contributed by atoms with E-state index in [1.54, 1.807) is 0 Å². The number of hydrogen-bond donors (Lipinski definition) is 0. The average molecular weight is 155 g/mol. The van der Waals surface area contributed by atoms with Gasteiger partial charge < -0.3 is 0 Å². The molecule has 0 aromatic heterocycles. The lowest BCUT2D eigenvalue weighted by Crippen LogP contribution is -1.76. The highest BCUT2D eigenvalue weighted by molar-refractivity contribution is 5.36. The molecule has 0 N–H and O–H groups in total. The van der Waals surface area contributed by atoms with Gasteiger partial charge in [-0.3, -0.25) is 0 Å². The minimum Gasteiger partial charge on any atom is -0.0945 e. The van der Waals surface area contributed by atoms with Gasteiger partial charge in [0, 0.05) is 11.5 Å². The van der Waals surface area contributed by atoms with Gasteiger partial charge in [0.1, 0.15) is 0 Å². The van der Waals surface area contributed by atoms with E-state index in [-0.39, 0.29) is 0 Å². The molecule has 1 aliphatic carbocycles. The lowest BCUT2D eigenvalue weighted by molar-refractivity contribution is 1.18. The molecule has 0 atom stereocenters. The highest BCUT2D eigenvalue weighted by Crippen LogP contribution is 2.27. The standard InChI is InChI=1S/C12H11/c1-10-3-2-4-12(9-10)8-7-11-5-6-11/h2-3,9,11H,5-6H2,1H3. The van der Waals surface area contributed by atoms with Crippen molar-refractivity contribution < 1.29 is 0 Å². The van der Waals surface area contributed by atoms with Gasteiger partial charge in [0.2, 0.25) is 0 Å². The molecule has 59 valence electrons. The molecule has 0 unspecified atom stereocenters. The maximum Gasteiger partial charge on any atom is 0.0326 e. The van der Waals surface area contributed by atoms with Gasteiger partial charge in [-0.15, -0.1) is 0 Å². The molecule has 0 amide bonds. The van der Waals surface area contributed by atoms with Gasteiger partial charge in [0.25, 0.3) is 0 Å². The van der Waals surface area contributed by atoms with Crippen LogP contribution < -0.4 is 0 Å². The largest absolute Gasteiger partial charge is 0.0945 e. The Balaban J connectivity index is 2.18. The summed E-state index contributed by atoms with van der Waals surface area (Å²) < 4.78 is 0. The fourth-order valence-corrected chi connectivity index (χ4v) is 1.06. The van der Waals surface area contributed by atoms with Gasteiger partial charge in [-0.1, -0.05) is 24.0 Å². The van der Waals surface area contributed by atoms with E-state index in [1.165, 1.54) is 18.4 Å². The minimum absolute atomic E-state index is 0.680. The summed E-state index contributed by atoms with van der Waals surface area (Å²) >= 11 is 0. The normalized spacial score (nSPS) is 15.1. The molecule has 0 heteroatoms. The Labute approximate surface area is 73.6 Å². The van der Waals surface area contributed by atoms with Crippen molar-refractivity contribution in [3.8, 4) is 11.8 Å². The zero-order valence-electron chi connectivity index (χ0n) is 7.22. The van der Waals surface area contributed by atoms with Crippen molar-refractivity contribution in [1.29, 1.82) is 0 Å². The molecule has 0 heterocycles. The van der Waals surface area contributed by atoms with Gasteiger partial charge >= 0.3 is 0 Å². The molecule has 1 aliphatic rings. The zero-order valence-corrected chi connectivity index (χ0v) is 7.22. The molecular weight excluding hydrogens is 144 g/mol. The number of hydrogen-bond acceptors (Lipinski definition) is 0. The molecule has 0 spiro atoms. The first-order valence-corrected chi connectivity index (χ1v) is 4.34. The molecular formula is C12H11. The molecule has 12 heavy (non-hydrogen) atoms. The molecule has 2 rings (SSSR count). The Morgan fingerprint density at radius 2 is 2.33 bits per heavy atom. The number of benzene rings is 1. The molecule has 0 nitrogen and oxygen atoms in total. The van der Waals surface area contributed by atoms with Gasteiger partial charge in [-0.2, -0.15) is 0 Å². The minimum atomic E-state index is 0.680. The Morgan fingerprint density at radius 3 is 3.00 bits per heavy atom. The van der Waals surface area contributed by atoms with Crippen LogP contribution in [-0.4, -0.2) is 0 Å². The molecule has 0 saturated heterocycles. The summed E-state index contributed by atoms with van der Waals surface area (Å²) in [4.78, 5) is 0. The van der Waals surface area contributed by atoms with Crippen LogP contribution >= 0.6 is 0 Å². The first-order chi connectivity index (χ1) is 5.84. The van der Waals surface area contributed by atoms with Crippen molar-refractivity contribution in [3.05, 3.63) is 35.4 Å². The number of rotatable bonds is 0. The van der Waals surface area contributed by atoms with E-state index < -0.39 is 0 Å². The molecule has 1 fully saturated rings.